The van der Waals surface area contributed by atoms with Gasteiger partial charge in [0.15, 0.2) is 5.75 Å². The molecule has 7 nitrogen and oxygen atoms in total. The molecule has 2 aromatic carbocycles. The molecule has 0 bridgehead atoms. The predicted molar refractivity (Wildman–Crippen MR) is 143 cm³/mol. The van der Waals surface area contributed by atoms with Crippen LogP contribution in [-0.4, -0.2) is 29.9 Å². The summed E-state index contributed by atoms with van der Waals surface area (Å²) >= 11 is 0. The molecule has 1 aliphatic heterocycles. The monoisotopic (exact) mass is 506 g/mol. The van der Waals surface area contributed by atoms with Crippen molar-refractivity contribution >= 4 is 23.5 Å². The molecule has 4 rings (SSSR count). The zero-order chi connectivity index (χ0) is 26.4. The largest absolute Gasteiger partial charge is 0.452 e. The van der Waals surface area contributed by atoms with E-state index in [1.165, 1.54) is 0 Å². The van der Waals surface area contributed by atoms with Gasteiger partial charge in [-0.3, -0.25) is 9.59 Å². The van der Waals surface area contributed by atoms with Crippen molar-refractivity contribution < 1.29 is 23.9 Å². The summed E-state index contributed by atoms with van der Waals surface area (Å²) in [4.78, 5) is 38.5. The fraction of sp³-hybridized carbons (Fsp3) is 0.500. The second kappa shape index (κ2) is 12.4. The van der Waals surface area contributed by atoms with Crippen molar-refractivity contribution in [1.29, 1.82) is 0 Å². The van der Waals surface area contributed by atoms with Crippen LogP contribution < -0.4 is 15.4 Å². The Morgan fingerprint density at radius 2 is 1.76 bits per heavy atom. The molecule has 1 amide bonds. The zero-order valence-electron chi connectivity index (χ0n) is 22.0. The van der Waals surface area contributed by atoms with Gasteiger partial charge in [-0.15, -0.1) is 0 Å². The van der Waals surface area contributed by atoms with E-state index < -0.39 is 12.1 Å². The molecule has 1 aliphatic carbocycles. The van der Waals surface area contributed by atoms with E-state index in [0.717, 1.165) is 49.7 Å². The Morgan fingerprint density at radius 1 is 1.03 bits per heavy atom. The summed E-state index contributed by atoms with van der Waals surface area (Å²) in [5.74, 6) is -0.515. The number of benzene rings is 2. The SMILES string of the molecule is CCC(NC(C)C)C(OC(=O)c1ccccc1)c1ccc(OC(=O)C2CCCCC2)c2c1CCC(=O)N2. The number of anilines is 1. The first-order valence-electron chi connectivity index (χ1n) is 13.6. The van der Waals surface area contributed by atoms with Gasteiger partial charge in [0.1, 0.15) is 6.10 Å². The maximum absolute atomic E-state index is 13.2. The molecule has 0 saturated heterocycles. The summed E-state index contributed by atoms with van der Waals surface area (Å²) in [6.07, 6.45) is 5.81. The summed E-state index contributed by atoms with van der Waals surface area (Å²) in [7, 11) is 0. The van der Waals surface area contributed by atoms with Gasteiger partial charge >= 0.3 is 11.9 Å². The standard InChI is InChI=1S/C30H38N2O5/c1-4-24(31-19(2)3)28(37-30(35)21-13-9-6-10-14-21)23-15-17-25(27-22(23)16-18-26(33)32-27)36-29(34)20-11-7-5-8-12-20/h6,9-10,13-15,17,19-20,24,28,31H,4-5,7-8,11-12,16,18H2,1-3H3,(H,32,33). The third kappa shape index (κ3) is 6.58. The van der Waals surface area contributed by atoms with Gasteiger partial charge in [0.05, 0.1) is 17.2 Å². The lowest BCUT2D eigenvalue weighted by atomic mass is 9.89. The number of amides is 1. The highest BCUT2D eigenvalue weighted by atomic mass is 16.5. The van der Waals surface area contributed by atoms with Crippen LogP contribution in [0.3, 0.4) is 0 Å². The van der Waals surface area contributed by atoms with E-state index in [4.69, 9.17) is 9.47 Å². The van der Waals surface area contributed by atoms with E-state index in [1.54, 1.807) is 18.2 Å². The average Bonchev–Trinajstić information content (AvgIpc) is 2.91. The molecule has 0 spiro atoms. The molecule has 1 saturated carbocycles. The molecule has 1 fully saturated rings. The van der Waals surface area contributed by atoms with Gasteiger partial charge < -0.3 is 20.1 Å². The van der Waals surface area contributed by atoms with Crippen LogP contribution in [0.25, 0.3) is 0 Å². The fourth-order valence-electron chi connectivity index (χ4n) is 5.34. The van der Waals surface area contributed by atoms with E-state index in [0.29, 0.717) is 29.8 Å². The van der Waals surface area contributed by atoms with Gasteiger partial charge in [-0.1, -0.05) is 64.3 Å². The molecule has 2 aliphatic rings. The molecule has 198 valence electrons. The first kappa shape index (κ1) is 26.9. The highest BCUT2D eigenvalue weighted by Gasteiger charge is 2.33. The number of carbonyl (C=O) groups is 3. The minimum atomic E-state index is -0.591. The van der Waals surface area contributed by atoms with Crippen LogP contribution in [0.2, 0.25) is 0 Å². The Hall–Kier alpha value is -3.19. The van der Waals surface area contributed by atoms with E-state index in [2.05, 4.69) is 31.4 Å². The molecule has 0 radical (unpaired) electrons. The van der Waals surface area contributed by atoms with Gasteiger partial charge in [-0.2, -0.15) is 0 Å². The molecule has 2 aromatic rings. The van der Waals surface area contributed by atoms with E-state index in [-0.39, 0.29) is 29.9 Å². The first-order chi connectivity index (χ1) is 17.9. The Morgan fingerprint density at radius 3 is 2.43 bits per heavy atom. The molecular weight excluding hydrogens is 468 g/mol. The third-order valence-corrected chi connectivity index (χ3v) is 7.23. The Labute approximate surface area is 219 Å². The molecule has 0 aromatic heterocycles. The van der Waals surface area contributed by atoms with Crippen LogP contribution in [-0.2, 0) is 20.7 Å². The van der Waals surface area contributed by atoms with Crippen molar-refractivity contribution in [2.45, 2.75) is 90.3 Å². The van der Waals surface area contributed by atoms with E-state index >= 15 is 0 Å². The first-order valence-corrected chi connectivity index (χ1v) is 13.6. The topological polar surface area (TPSA) is 93.7 Å². The number of hydrogen-bond donors (Lipinski definition) is 2. The van der Waals surface area contributed by atoms with Crippen molar-refractivity contribution in [3.8, 4) is 5.75 Å². The second-order valence-corrected chi connectivity index (χ2v) is 10.3. The minimum Gasteiger partial charge on any atom is -0.452 e. The molecule has 7 heteroatoms. The lowest BCUT2D eigenvalue weighted by molar-refractivity contribution is -0.140. The zero-order valence-corrected chi connectivity index (χ0v) is 22.0. The molecule has 2 unspecified atom stereocenters. The van der Waals surface area contributed by atoms with Crippen LogP contribution in [0.4, 0.5) is 5.69 Å². The second-order valence-electron chi connectivity index (χ2n) is 10.3. The summed E-state index contributed by atoms with van der Waals surface area (Å²) in [6.45, 7) is 6.17. The van der Waals surface area contributed by atoms with Gasteiger partial charge in [-0.05, 0) is 55.0 Å². The molecule has 2 N–H and O–H groups in total. The molecule has 2 atom stereocenters. The van der Waals surface area contributed by atoms with Crippen LogP contribution in [0, 0.1) is 5.92 Å². The number of fused-ring (bicyclic) bond motifs is 1. The highest BCUT2D eigenvalue weighted by Crippen LogP contribution is 2.40. The number of ether oxygens (including phenoxy) is 2. The number of hydrogen-bond acceptors (Lipinski definition) is 6. The van der Waals surface area contributed by atoms with E-state index in [9.17, 15) is 14.4 Å². The van der Waals surface area contributed by atoms with Crippen molar-refractivity contribution in [2.75, 3.05) is 5.32 Å². The van der Waals surface area contributed by atoms with Gasteiger partial charge in [0.25, 0.3) is 0 Å². The fourth-order valence-corrected chi connectivity index (χ4v) is 5.34. The maximum Gasteiger partial charge on any atom is 0.338 e. The summed E-state index contributed by atoms with van der Waals surface area (Å²) in [5, 5.41) is 6.48. The van der Waals surface area contributed by atoms with Gasteiger partial charge in [0, 0.05) is 18.5 Å². The van der Waals surface area contributed by atoms with Crippen LogP contribution in [0.5, 0.6) is 5.75 Å². The number of carbonyl (C=O) groups excluding carboxylic acids is 3. The van der Waals surface area contributed by atoms with Crippen LogP contribution >= 0.6 is 0 Å². The Kier molecular flexibility index (Phi) is 8.98. The smallest absolute Gasteiger partial charge is 0.338 e. The number of rotatable bonds is 9. The summed E-state index contributed by atoms with van der Waals surface area (Å²) < 4.78 is 12.0. The predicted octanol–water partition coefficient (Wildman–Crippen LogP) is 5.73. The van der Waals surface area contributed by atoms with Crippen molar-refractivity contribution in [3.63, 3.8) is 0 Å². The molecular formula is C30H38N2O5. The quantitative estimate of drug-likeness (QED) is 0.333. The molecule has 37 heavy (non-hydrogen) atoms. The summed E-state index contributed by atoms with van der Waals surface area (Å²) in [6, 6.07) is 12.6. The Balaban J connectivity index is 1.70. The molecule has 1 heterocycles. The van der Waals surface area contributed by atoms with E-state index in [1.807, 2.05) is 24.3 Å². The van der Waals surface area contributed by atoms with Crippen LogP contribution in [0.15, 0.2) is 42.5 Å². The average molecular weight is 507 g/mol. The number of esters is 2. The Bertz CT molecular complexity index is 1110. The van der Waals surface area contributed by atoms with Gasteiger partial charge in [-0.25, -0.2) is 4.79 Å². The lowest BCUT2D eigenvalue weighted by Crippen LogP contribution is -2.41. The minimum absolute atomic E-state index is 0.109. The number of nitrogens with one attached hydrogen (secondary N) is 2. The highest BCUT2D eigenvalue weighted by molar-refractivity contribution is 5.97. The normalized spacial score (nSPS) is 17.5. The van der Waals surface area contributed by atoms with Gasteiger partial charge in [0.2, 0.25) is 5.91 Å². The van der Waals surface area contributed by atoms with Crippen molar-refractivity contribution in [1.82, 2.24) is 5.32 Å². The third-order valence-electron chi connectivity index (χ3n) is 7.23. The summed E-state index contributed by atoms with van der Waals surface area (Å²) in [5.41, 5.74) is 2.66. The maximum atomic E-state index is 13.2. The van der Waals surface area contributed by atoms with Crippen molar-refractivity contribution in [3.05, 3.63) is 59.2 Å². The van der Waals surface area contributed by atoms with Crippen molar-refractivity contribution in [2.24, 2.45) is 5.92 Å². The van der Waals surface area contributed by atoms with Crippen LogP contribution in [0.1, 0.15) is 93.3 Å². The lowest BCUT2D eigenvalue weighted by Gasteiger charge is -2.32.